The molecule has 0 radical (unpaired) electrons. The highest BCUT2D eigenvalue weighted by molar-refractivity contribution is 7.59. The summed E-state index contributed by atoms with van der Waals surface area (Å²) in [6.45, 7) is 1.95. The van der Waals surface area contributed by atoms with Crippen LogP contribution in [0.4, 0.5) is 13.2 Å². The molecule has 0 unspecified atom stereocenters. The van der Waals surface area contributed by atoms with Crippen molar-refractivity contribution in [3.63, 3.8) is 0 Å². The Hall–Kier alpha value is -2.22. The van der Waals surface area contributed by atoms with Gasteiger partial charge in [0, 0.05) is 11.8 Å². The molecule has 0 aliphatic rings. The first-order chi connectivity index (χ1) is 10.3. The molecule has 0 aliphatic heterocycles. The van der Waals surface area contributed by atoms with Gasteiger partial charge in [0.25, 0.3) is 0 Å². The van der Waals surface area contributed by atoms with E-state index in [1.165, 1.54) is 6.20 Å². The van der Waals surface area contributed by atoms with Gasteiger partial charge in [0.1, 0.15) is 0 Å². The molecule has 0 spiro atoms. The second-order valence-electron chi connectivity index (χ2n) is 4.48. The number of alkyl halides is 3. The Balaban J connectivity index is 0.00000264. The number of aromatic carboxylic acids is 1. The number of pyridine rings is 1. The zero-order valence-corrected chi connectivity index (χ0v) is 13.0. The molecule has 23 heavy (non-hydrogen) atoms. The summed E-state index contributed by atoms with van der Waals surface area (Å²) in [6, 6.07) is 8.18. The summed E-state index contributed by atoms with van der Waals surface area (Å²) in [5.41, 5.74) is 1.20. The van der Waals surface area contributed by atoms with Crippen LogP contribution in [-0.4, -0.2) is 22.4 Å². The number of carboxylic acids is 1. The minimum Gasteiger partial charge on any atom is -0.476 e. The fraction of sp³-hybridized carbons (Fsp3) is 0.200. The fourth-order valence-electron chi connectivity index (χ4n) is 1.94. The standard InChI is InChI=1S/C15H12F3NO3.H2S/c1-2-9-4-3-5-10(6-9)11-7-12(22-15(16,17)18)13(14(20)21)19-8-11;/h3-8H,2H2,1H3,(H,20,21);1H2. The van der Waals surface area contributed by atoms with Gasteiger partial charge in [-0.1, -0.05) is 31.2 Å². The van der Waals surface area contributed by atoms with Gasteiger partial charge in [-0.15, -0.1) is 13.2 Å². The van der Waals surface area contributed by atoms with E-state index in [-0.39, 0.29) is 13.5 Å². The minimum atomic E-state index is -4.99. The summed E-state index contributed by atoms with van der Waals surface area (Å²) < 4.78 is 41.0. The lowest BCUT2D eigenvalue weighted by Gasteiger charge is -2.12. The molecule has 2 rings (SSSR count). The van der Waals surface area contributed by atoms with Crippen molar-refractivity contribution in [1.29, 1.82) is 0 Å². The lowest BCUT2D eigenvalue weighted by Crippen LogP contribution is -2.19. The summed E-state index contributed by atoms with van der Waals surface area (Å²) in [5.74, 6) is -2.42. The molecule has 0 amide bonds. The lowest BCUT2D eigenvalue weighted by molar-refractivity contribution is -0.274. The van der Waals surface area contributed by atoms with Crippen LogP contribution in [0.2, 0.25) is 0 Å². The smallest absolute Gasteiger partial charge is 0.476 e. The Labute approximate surface area is 137 Å². The van der Waals surface area contributed by atoms with Gasteiger partial charge in [0.2, 0.25) is 0 Å². The lowest BCUT2D eigenvalue weighted by atomic mass is 10.0. The highest BCUT2D eigenvalue weighted by atomic mass is 32.1. The van der Waals surface area contributed by atoms with Gasteiger partial charge in [0.05, 0.1) is 0 Å². The van der Waals surface area contributed by atoms with Crippen molar-refractivity contribution in [2.75, 3.05) is 0 Å². The number of rotatable bonds is 4. The van der Waals surface area contributed by atoms with E-state index in [1.54, 1.807) is 18.2 Å². The van der Waals surface area contributed by atoms with E-state index in [1.807, 2.05) is 13.0 Å². The Kier molecular flexibility index (Phi) is 6.03. The topological polar surface area (TPSA) is 59.4 Å². The first-order valence-electron chi connectivity index (χ1n) is 6.38. The van der Waals surface area contributed by atoms with Gasteiger partial charge < -0.3 is 9.84 Å². The normalized spacial score (nSPS) is 10.8. The van der Waals surface area contributed by atoms with Crippen LogP contribution in [0.5, 0.6) is 5.75 Å². The monoisotopic (exact) mass is 345 g/mol. The summed E-state index contributed by atoms with van der Waals surface area (Å²) in [5, 5.41) is 8.90. The van der Waals surface area contributed by atoms with E-state index in [2.05, 4.69) is 9.72 Å². The summed E-state index contributed by atoms with van der Waals surface area (Å²) in [7, 11) is 0. The van der Waals surface area contributed by atoms with Crippen LogP contribution >= 0.6 is 13.5 Å². The van der Waals surface area contributed by atoms with Crippen LogP contribution in [0.1, 0.15) is 23.0 Å². The maximum absolute atomic E-state index is 12.4. The fourth-order valence-corrected chi connectivity index (χ4v) is 1.94. The molecule has 1 N–H and O–H groups in total. The molecule has 4 nitrogen and oxygen atoms in total. The summed E-state index contributed by atoms with van der Waals surface area (Å²) >= 11 is 0. The van der Waals surface area contributed by atoms with E-state index >= 15 is 0 Å². The number of hydrogen-bond acceptors (Lipinski definition) is 3. The Bertz CT molecular complexity index is 705. The highest BCUT2D eigenvalue weighted by Gasteiger charge is 2.33. The van der Waals surface area contributed by atoms with Crippen LogP contribution in [0.15, 0.2) is 36.5 Å². The average Bonchev–Trinajstić information content (AvgIpc) is 2.45. The molecule has 1 aromatic heterocycles. The Morgan fingerprint density at radius 2 is 1.96 bits per heavy atom. The number of aromatic nitrogens is 1. The molecule has 1 heterocycles. The van der Waals surface area contributed by atoms with Gasteiger partial charge in [-0.3, -0.25) is 0 Å². The van der Waals surface area contributed by atoms with Crippen molar-refractivity contribution in [2.45, 2.75) is 19.7 Å². The quantitative estimate of drug-likeness (QED) is 0.909. The Morgan fingerprint density at radius 1 is 1.26 bits per heavy atom. The molecule has 2 aromatic rings. The molecule has 1 aromatic carbocycles. The molecular formula is C15H14F3NO3S. The maximum Gasteiger partial charge on any atom is 0.573 e. The molecule has 8 heteroatoms. The molecule has 0 saturated heterocycles. The molecule has 124 valence electrons. The Morgan fingerprint density at radius 3 is 2.52 bits per heavy atom. The van der Waals surface area contributed by atoms with Crippen molar-refractivity contribution in [3.8, 4) is 16.9 Å². The number of carbonyl (C=O) groups is 1. The van der Waals surface area contributed by atoms with Crippen LogP contribution in [-0.2, 0) is 6.42 Å². The number of benzene rings is 1. The number of nitrogens with zero attached hydrogens (tertiary/aromatic N) is 1. The van der Waals surface area contributed by atoms with Crippen molar-refractivity contribution in [1.82, 2.24) is 4.98 Å². The van der Waals surface area contributed by atoms with Crippen LogP contribution in [0.25, 0.3) is 11.1 Å². The van der Waals surface area contributed by atoms with E-state index in [0.717, 1.165) is 18.1 Å². The number of hydrogen-bond donors (Lipinski definition) is 1. The predicted molar refractivity (Wildman–Crippen MR) is 83.1 cm³/mol. The van der Waals surface area contributed by atoms with Gasteiger partial charge >= 0.3 is 12.3 Å². The SMILES string of the molecule is CCc1cccc(-c2cnc(C(=O)O)c(OC(F)(F)F)c2)c1.S. The van der Waals surface area contributed by atoms with Crippen LogP contribution < -0.4 is 4.74 Å². The van der Waals surface area contributed by atoms with E-state index in [4.69, 9.17) is 5.11 Å². The first kappa shape index (κ1) is 18.8. The third-order valence-electron chi connectivity index (χ3n) is 2.95. The second-order valence-corrected chi connectivity index (χ2v) is 4.48. The largest absolute Gasteiger partial charge is 0.573 e. The van der Waals surface area contributed by atoms with Crippen molar-refractivity contribution >= 4 is 19.5 Å². The zero-order chi connectivity index (χ0) is 16.3. The molecule has 0 fully saturated rings. The van der Waals surface area contributed by atoms with E-state index in [9.17, 15) is 18.0 Å². The van der Waals surface area contributed by atoms with Gasteiger partial charge in [-0.25, -0.2) is 9.78 Å². The second kappa shape index (κ2) is 7.36. The van der Waals surface area contributed by atoms with E-state index < -0.39 is 23.8 Å². The number of carboxylic acid groups (broad SMARTS) is 1. The third-order valence-corrected chi connectivity index (χ3v) is 2.95. The van der Waals surface area contributed by atoms with Crippen molar-refractivity contribution in [2.24, 2.45) is 0 Å². The summed E-state index contributed by atoms with van der Waals surface area (Å²) in [4.78, 5) is 14.5. The molecule has 0 bridgehead atoms. The minimum absolute atomic E-state index is 0. The number of halogens is 3. The number of aryl methyl sites for hydroxylation is 1. The first-order valence-corrected chi connectivity index (χ1v) is 6.38. The van der Waals surface area contributed by atoms with Crippen LogP contribution in [0, 0.1) is 0 Å². The highest BCUT2D eigenvalue weighted by Crippen LogP contribution is 2.30. The molecule has 0 saturated carbocycles. The van der Waals surface area contributed by atoms with Gasteiger partial charge in [-0.2, -0.15) is 13.5 Å². The van der Waals surface area contributed by atoms with E-state index in [0.29, 0.717) is 11.1 Å². The predicted octanol–water partition coefficient (Wildman–Crippen LogP) is 4.02. The maximum atomic E-state index is 12.4. The van der Waals surface area contributed by atoms with Crippen LogP contribution in [0.3, 0.4) is 0 Å². The van der Waals surface area contributed by atoms with Gasteiger partial charge in [0.15, 0.2) is 11.4 Å². The zero-order valence-electron chi connectivity index (χ0n) is 12.0. The summed E-state index contributed by atoms with van der Waals surface area (Å²) in [6.07, 6.45) is -3.02. The number of ether oxygens (including phenoxy) is 1. The van der Waals surface area contributed by atoms with Gasteiger partial charge in [-0.05, 0) is 23.6 Å². The average molecular weight is 345 g/mol. The molecule has 0 aliphatic carbocycles. The molecular weight excluding hydrogens is 331 g/mol. The molecule has 0 atom stereocenters. The van der Waals surface area contributed by atoms with Crippen molar-refractivity contribution in [3.05, 3.63) is 47.8 Å². The third kappa shape index (κ3) is 4.88. The van der Waals surface area contributed by atoms with Crippen molar-refractivity contribution < 1.29 is 27.8 Å².